The van der Waals surface area contributed by atoms with Crippen LogP contribution < -0.4 is 10.6 Å². The van der Waals surface area contributed by atoms with Crippen LogP contribution in [0.1, 0.15) is 24.9 Å². The van der Waals surface area contributed by atoms with E-state index in [2.05, 4.69) is 24.0 Å². The monoisotopic (exact) mass is 272 g/mol. The van der Waals surface area contributed by atoms with E-state index < -0.39 is 0 Å². The lowest BCUT2D eigenvalue weighted by Gasteiger charge is -2.24. The molecule has 0 heterocycles. The Hall–Kier alpha value is -1.87. The number of para-hydroxylation sites is 1. The zero-order valence-corrected chi connectivity index (χ0v) is 11.8. The first-order valence-electron chi connectivity index (χ1n) is 7.01. The number of hydrogen-bond donors (Lipinski definition) is 1. The fourth-order valence-corrected chi connectivity index (χ4v) is 2.28. The van der Waals surface area contributed by atoms with Crippen LogP contribution in [0.2, 0.25) is 0 Å². The second-order valence-electron chi connectivity index (χ2n) is 4.86. The molecule has 0 aliphatic heterocycles. The van der Waals surface area contributed by atoms with Gasteiger partial charge in [0.25, 0.3) is 0 Å². The highest BCUT2D eigenvalue weighted by atomic mass is 19.1. The van der Waals surface area contributed by atoms with Crippen molar-refractivity contribution in [3.05, 3.63) is 66.0 Å². The Bertz CT molecular complexity index is 510. The molecule has 0 aliphatic carbocycles. The van der Waals surface area contributed by atoms with Gasteiger partial charge in [0.05, 0.1) is 0 Å². The molecule has 0 fully saturated rings. The number of hydrogen-bond acceptors (Lipinski definition) is 2. The summed E-state index contributed by atoms with van der Waals surface area (Å²) >= 11 is 0. The molecule has 0 radical (unpaired) electrons. The number of halogens is 1. The Morgan fingerprint density at radius 2 is 1.70 bits per heavy atom. The fourth-order valence-electron chi connectivity index (χ4n) is 2.28. The number of nitrogens with two attached hydrogens (primary N) is 1. The first kappa shape index (κ1) is 14.5. The molecule has 2 N–H and O–H groups in total. The van der Waals surface area contributed by atoms with Crippen molar-refractivity contribution in [3.63, 3.8) is 0 Å². The van der Waals surface area contributed by atoms with E-state index in [4.69, 9.17) is 5.73 Å². The van der Waals surface area contributed by atoms with Crippen LogP contribution in [-0.2, 0) is 0 Å². The summed E-state index contributed by atoms with van der Waals surface area (Å²) in [5.74, 6) is -0.222. The quantitative estimate of drug-likeness (QED) is 0.868. The van der Waals surface area contributed by atoms with Crippen LogP contribution in [0.25, 0.3) is 0 Å². The van der Waals surface area contributed by atoms with Crippen molar-refractivity contribution in [1.29, 1.82) is 0 Å². The molecule has 1 atom stereocenters. The van der Waals surface area contributed by atoms with Gasteiger partial charge in [0.1, 0.15) is 5.82 Å². The van der Waals surface area contributed by atoms with Crippen LogP contribution in [0.15, 0.2) is 54.6 Å². The van der Waals surface area contributed by atoms with Crippen molar-refractivity contribution in [2.45, 2.75) is 19.4 Å². The Morgan fingerprint density at radius 3 is 2.30 bits per heavy atom. The van der Waals surface area contributed by atoms with E-state index in [0.717, 1.165) is 25.1 Å². The SMILES string of the molecule is CCN(CCC(N)c1ccc(F)cc1)c1ccccc1. The minimum absolute atomic E-state index is 0.0617. The summed E-state index contributed by atoms with van der Waals surface area (Å²) in [4.78, 5) is 2.30. The Kier molecular flexibility index (Phi) is 5.13. The molecule has 0 aromatic heterocycles. The number of anilines is 1. The Labute approximate surface area is 120 Å². The molecule has 0 aliphatic rings. The molecule has 1 unspecified atom stereocenters. The topological polar surface area (TPSA) is 29.3 Å². The number of nitrogens with zero attached hydrogens (tertiary/aromatic N) is 1. The lowest BCUT2D eigenvalue weighted by atomic mass is 10.0. The average Bonchev–Trinajstić information content (AvgIpc) is 2.49. The van der Waals surface area contributed by atoms with Crippen molar-refractivity contribution >= 4 is 5.69 Å². The summed E-state index contributed by atoms with van der Waals surface area (Å²) in [6, 6.07) is 16.7. The summed E-state index contributed by atoms with van der Waals surface area (Å²) in [5.41, 5.74) is 8.37. The van der Waals surface area contributed by atoms with Gasteiger partial charge in [-0.15, -0.1) is 0 Å². The average molecular weight is 272 g/mol. The van der Waals surface area contributed by atoms with Gasteiger partial charge in [0.2, 0.25) is 0 Å². The van der Waals surface area contributed by atoms with Crippen LogP contribution in [0.5, 0.6) is 0 Å². The maximum atomic E-state index is 12.9. The van der Waals surface area contributed by atoms with Gasteiger partial charge in [-0.05, 0) is 43.2 Å². The largest absolute Gasteiger partial charge is 0.372 e. The van der Waals surface area contributed by atoms with Crippen molar-refractivity contribution in [3.8, 4) is 0 Å². The van der Waals surface area contributed by atoms with Crippen molar-refractivity contribution in [1.82, 2.24) is 0 Å². The lowest BCUT2D eigenvalue weighted by Crippen LogP contribution is -2.27. The van der Waals surface area contributed by atoms with Gasteiger partial charge in [-0.2, -0.15) is 0 Å². The maximum absolute atomic E-state index is 12.9. The van der Waals surface area contributed by atoms with Gasteiger partial charge >= 0.3 is 0 Å². The van der Waals surface area contributed by atoms with Crippen LogP contribution in [0, 0.1) is 5.82 Å². The van der Waals surface area contributed by atoms with E-state index in [9.17, 15) is 4.39 Å². The first-order valence-corrected chi connectivity index (χ1v) is 7.01. The molecule has 2 nitrogen and oxygen atoms in total. The fraction of sp³-hybridized carbons (Fsp3) is 0.294. The summed E-state index contributed by atoms with van der Waals surface area (Å²) in [6.07, 6.45) is 0.842. The van der Waals surface area contributed by atoms with Crippen molar-refractivity contribution in [2.75, 3.05) is 18.0 Å². The normalized spacial score (nSPS) is 12.2. The molecule has 0 bridgehead atoms. The summed E-state index contributed by atoms with van der Waals surface area (Å²) < 4.78 is 12.9. The number of rotatable bonds is 6. The van der Waals surface area contributed by atoms with Gasteiger partial charge in [-0.25, -0.2) is 4.39 Å². The van der Waals surface area contributed by atoms with Gasteiger partial charge in [-0.1, -0.05) is 30.3 Å². The Balaban J connectivity index is 1.94. The van der Waals surface area contributed by atoms with E-state index in [1.165, 1.54) is 17.8 Å². The molecule has 0 spiro atoms. The van der Waals surface area contributed by atoms with E-state index in [0.29, 0.717) is 0 Å². The Morgan fingerprint density at radius 1 is 1.05 bits per heavy atom. The molecule has 106 valence electrons. The van der Waals surface area contributed by atoms with E-state index >= 15 is 0 Å². The molecule has 2 aromatic carbocycles. The third-order valence-electron chi connectivity index (χ3n) is 3.51. The smallest absolute Gasteiger partial charge is 0.123 e. The third-order valence-corrected chi connectivity index (χ3v) is 3.51. The highest BCUT2D eigenvalue weighted by Crippen LogP contribution is 2.18. The minimum atomic E-state index is -0.222. The minimum Gasteiger partial charge on any atom is -0.372 e. The first-order chi connectivity index (χ1) is 9.70. The predicted octanol–water partition coefficient (Wildman–Crippen LogP) is 3.74. The molecule has 0 amide bonds. The summed E-state index contributed by atoms with van der Waals surface area (Å²) in [6.45, 7) is 3.97. The van der Waals surface area contributed by atoms with Crippen LogP contribution in [-0.4, -0.2) is 13.1 Å². The second-order valence-corrected chi connectivity index (χ2v) is 4.86. The third kappa shape index (κ3) is 3.81. The molecule has 0 saturated heterocycles. The summed E-state index contributed by atoms with van der Waals surface area (Å²) in [5, 5.41) is 0. The van der Waals surface area contributed by atoms with Crippen LogP contribution in [0.3, 0.4) is 0 Å². The molecule has 2 rings (SSSR count). The zero-order chi connectivity index (χ0) is 14.4. The van der Waals surface area contributed by atoms with Gasteiger partial charge in [0.15, 0.2) is 0 Å². The zero-order valence-electron chi connectivity index (χ0n) is 11.8. The molecular formula is C17H21FN2. The predicted molar refractivity (Wildman–Crippen MR) is 82.3 cm³/mol. The standard InChI is InChI=1S/C17H21FN2/c1-2-20(16-6-4-3-5-7-16)13-12-17(19)14-8-10-15(18)11-9-14/h3-11,17H,2,12-13,19H2,1H3. The molecule has 3 heteroatoms. The highest BCUT2D eigenvalue weighted by molar-refractivity contribution is 5.45. The van der Waals surface area contributed by atoms with E-state index in [1.54, 1.807) is 12.1 Å². The number of benzene rings is 2. The molecule has 0 saturated carbocycles. The summed E-state index contributed by atoms with van der Waals surface area (Å²) in [7, 11) is 0. The van der Waals surface area contributed by atoms with Crippen LogP contribution in [0.4, 0.5) is 10.1 Å². The van der Waals surface area contributed by atoms with Gasteiger partial charge in [0, 0.05) is 24.8 Å². The highest BCUT2D eigenvalue weighted by Gasteiger charge is 2.09. The van der Waals surface area contributed by atoms with Gasteiger partial charge < -0.3 is 10.6 Å². The maximum Gasteiger partial charge on any atom is 0.123 e. The van der Waals surface area contributed by atoms with E-state index in [1.807, 2.05) is 18.2 Å². The van der Waals surface area contributed by atoms with Gasteiger partial charge in [-0.3, -0.25) is 0 Å². The molecular weight excluding hydrogens is 251 g/mol. The van der Waals surface area contributed by atoms with E-state index in [-0.39, 0.29) is 11.9 Å². The second kappa shape index (κ2) is 7.06. The molecule has 20 heavy (non-hydrogen) atoms. The van der Waals surface area contributed by atoms with Crippen LogP contribution >= 0.6 is 0 Å². The van der Waals surface area contributed by atoms with Crippen molar-refractivity contribution in [2.24, 2.45) is 5.73 Å². The molecule has 2 aromatic rings. The van der Waals surface area contributed by atoms with Crippen molar-refractivity contribution < 1.29 is 4.39 Å². The lowest BCUT2D eigenvalue weighted by molar-refractivity contribution is 0.614.